The third-order valence-corrected chi connectivity index (χ3v) is 2.38. The summed E-state index contributed by atoms with van der Waals surface area (Å²) in [5.41, 5.74) is 2.22. The minimum atomic E-state index is -1.21. The number of hydrazine groups is 1. The zero-order chi connectivity index (χ0) is 13.3. The van der Waals surface area contributed by atoms with Gasteiger partial charge in [-0.25, -0.2) is 5.01 Å². The minimum Gasteiger partial charge on any atom is -0.529 e. The number of carboxylic acid groups (broad SMARTS) is 1. The molecule has 1 fully saturated rings. The van der Waals surface area contributed by atoms with Crippen molar-refractivity contribution >= 4 is 30.1 Å². The van der Waals surface area contributed by atoms with Crippen LogP contribution in [-0.4, -0.2) is 68.1 Å². The molecule has 0 aromatic heterocycles. The highest BCUT2D eigenvalue weighted by atomic mass is 127. The van der Waals surface area contributed by atoms with Gasteiger partial charge in [0.25, 0.3) is 0 Å². The number of amides is 1. The third-order valence-electron chi connectivity index (χ3n) is 2.38. The Morgan fingerprint density at radius 2 is 1.78 bits per heavy atom. The molecule has 0 bridgehead atoms. The molecule has 1 amide bonds. The number of piperidine rings is 1. The highest BCUT2D eigenvalue weighted by Gasteiger charge is 2.08. The van der Waals surface area contributed by atoms with Crippen LogP contribution in [0.15, 0.2) is 0 Å². The molecule has 6 nitrogen and oxygen atoms in total. The summed E-state index contributed by atoms with van der Waals surface area (Å²) in [6.45, 7) is 2.74. The second-order valence-corrected chi connectivity index (χ2v) is 5.18. The van der Waals surface area contributed by atoms with E-state index in [0.29, 0.717) is 0 Å². The fraction of sp³-hybridized carbons (Fsp3) is 0.909. The summed E-state index contributed by atoms with van der Waals surface area (Å²) >= 11 is 0. The molecule has 110 valence electrons. The van der Waals surface area contributed by atoms with Crippen molar-refractivity contribution in [3.63, 3.8) is 0 Å². The standard InChI is InChI=1S/C6H12N2O2.C5H14NO.HI/c9-6(10)7-8-4-2-1-3-5-8;1-6(2,3)4-5-7;/h7H,1-5H2,(H,9,10);7H,4-5H2,1-3H3;1H/q;+1;/p-1. The van der Waals surface area contributed by atoms with E-state index in [-0.39, 0.29) is 30.6 Å². The van der Waals surface area contributed by atoms with Gasteiger partial charge < -0.3 is 24.9 Å². The Morgan fingerprint density at radius 1 is 1.28 bits per heavy atom. The van der Waals surface area contributed by atoms with E-state index in [9.17, 15) is 9.90 Å². The quantitative estimate of drug-likeness (QED) is 0.521. The van der Waals surface area contributed by atoms with Gasteiger partial charge in [-0.1, -0.05) is 6.42 Å². The van der Waals surface area contributed by atoms with E-state index in [1.165, 1.54) is 6.42 Å². The molecule has 1 heterocycles. The lowest BCUT2D eigenvalue weighted by Crippen LogP contribution is -2.50. The summed E-state index contributed by atoms with van der Waals surface area (Å²) in [6.07, 6.45) is 2.13. The maximum atomic E-state index is 10.0. The topological polar surface area (TPSA) is 75.6 Å². The summed E-state index contributed by atoms with van der Waals surface area (Å²) < 4.78 is 0.844. The number of hydrogen-bond acceptors (Lipinski definition) is 4. The molecule has 0 unspecified atom stereocenters. The van der Waals surface area contributed by atoms with Crippen LogP contribution in [0.5, 0.6) is 0 Å². The average molecular weight is 375 g/mol. The van der Waals surface area contributed by atoms with Gasteiger partial charge in [0.15, 0.2) is 0 Å². The molecular formula is C11H26IN3O3. The molecule has 1 saturated heterocycles. The van der Waals surface area contributed by atoms with Crippen LogP contribution in [-0.2, 0) is 0 Å². The highest BCUT2D eigenvalue weighted by Crippen LogP contribution is 2.04. The predicted molar refractivity (Wildman–Crippen MR) is 79.4 cm³/mol. The van der Waals surface area contributed by atoms with Crippen molar-refractivity contribution in [3.8, 4) is 0 Å². The summed E-state index contributed by atoms with van der Waals surface area (Å²) in [5.74, 6) is 0. The number of quaternary nitrogens is 1. The molecule has 0 aromatic rings. The number of nitrogens with zero attached hydrogens (tertiary/aromatic N) is 2. The Hall–Kier alpha value is -0.120. The SMILES string of the molecule is C[N+](C)(C)CCO.I.O=C([O-])NN1CCCCC1. The van der Waals surface area contributed by atoms with Crippen molar-refractivity contribution < 1.29 is 19.5 Å². The number of likely N-dealkylation sites (N-methyl/N-ethyl adjacent to an activating group) is 1. The van der Waals surface area contributed by atoms with Crippen molar-refractivity contribution in [1.82, 2.24) is 10.4 Å². The van der Waals surface area contributed by atoms with Crippen LogP contribution in [0.1, 0.15) is 19.3 Å². The highest BCUT2D eigenvalue weighted by molar-refractivity contribution is 14.0. The number of rotatable bonds is 3. The molecule has 2 N–H and O–H groups in total. The van der Waals surface area contributed by atoms with Gasteiger partial charge in [0.1, 0.15) is 12.6 Å². The molecule has 0 radical (unpaired) electrons. The lowest BCUT2D eigenvalue weighted by atomic mass is 10.2. The maximum Gasteiger partial charge on any atom is 0.149 e. The van der Waals surface area contributed by atoms with Gasteiger partial charge in [0, 0.05) is 13.1 Å². The Morgan fingerprint density at radius 3 is 2.06 bits per heavy atom. The van der Waals surface area contributed by atoms with Crippen molar-refractivity contribution in [2.24, 2.45) is 0 Å². The first-order valence-electron chi connectivity index (χ1n) is 5.99. The van der Waals surface area contributed by atoms with Crippen LogP contribution in [0.2, 0.25) is 0 Å². The summed E-state index contributed by atoms with van der Waals surface area (Å²) in [4.78, 5) is 10.0. The number of aliphatic hydroxyl groups is 1. The molecule has 18 heavy (non-hydrogen) atoms. The largest absolute Gasteiger partial charge is 0.529 e. The van der Waals surface area contributed by atoms with E-state index in [1.807, 2.05) is 0 Å². The van der Waals surface area contributed by atoms with Crippen LogP contribution < -0.4 is 10.5 Å². The molecule has 1 aliphatic rings. The molecule has 1 aliphatic heterocycles. The van der Waals surface area contributed by atoms with E-state index in [0.717, 1.165) is 37.0 Å². The zero-order valence-corrected chi connectivity index (χ0v) is 13.8. The summed E-state index contributed by atoms with van der Waals surface area (Å²) in [7, 11) is 6.16. The predicted octanol–water partition coefficient (Wildman–Crippen LogP) is -0.377. The fourth-order valence-corrected chi connectivity index (χ4v) is 1.43. The van der Waals surface area contributed by atoms with Gasteiger partial charge in [-0.2, -0.15) is 0 Å². The summed E-state index contributed by atoms with van der Waals surface area (Å²) in [6, 6.07) is 0. The number of carbonyl (C=O) groups excluding carboxylic acids is 1. The molecule has 0 aliphatic carbocycles. The second-order valence-electron chi connectivity index (χ2n) is 5.18. The molecule has 0 atom stereocenters. The monoisotopic (exact) mass is 375 g/mol. The number of carbonyl (C=O) groups is 1. The number of hydrogen-bond donors (Lipinski definition) is 2. The molecule has 7 heteroatoms. The van der Waals surface area contributed by atoms with Gasteiger partial charge in [-0.15, -0.1) is 24.0 Å². The number of aliphatic hydroxyl groups excluding tert-OH is 1. The Balaban J connectivity index is 0. The van der Waals surface area contributed by atoms with Gasteiger partial charge in [-0.05, 0) is 12.8 Å². The third kappa shape index (κ3) is 13.9. The number of halogens is 1. The van der Waals surface area contributed by atoms with Gasteiger partial charge in [-0.3, -0.25) is 0 Å². The molecular weight excluding hydrogens is 349 g/mol. The smallest absolute Gasteiger partial charge is 0.149 e. The van der Waals surface area contributed by atoms with Crippen molar-refractivity contribution in [3.05, 3.63) is 0 Å². The first-order valence-corrected chi connectivity index (χ1v) is 5.99. The van der Waals surface area contributed by atoms with Crippen LogP contribution >= 0.6 is 24.0 Å². The van der Waals surface area contributed by atoms with Crippen LogP contribution in [0.3, 0.4) is 0 Å². The first-order chi connectivity index (χ1) is 7.85. The van der Waals surface area contributed by atoms with Gasteiger partial charge in [0.2, 0.25) is 0 Å². The summed E-state index contributed by atoms with van der Waals surface area (Å²) in [5, 5.41) is 20.1. The Bertz CT molecular complexity index is 216. The van der Waals surface area contributed by atoms with Crippen molar-refractivity contribution in [2.45, 2.75) is 19.3 Å². The Labute approximate surface area is 127 Å². The molecule has 0 spiro atoms. The Kier molecular flexibility index (Phi) is 12.1. The molecule has 0 saturated carbocycles. The van der Waals surface area contributed by atoms with Gasteiger partial charge in [0.05, 0.1) is 27.7 Å². The fourth-order valence-electron chi connectivity index (χ4n) is 1.43. The van der Waals surface area contributed by atoms with E-state index in [1.54, 1.807) is 5.01 Å². The normalized spacial score (nSPS) is 16.0. The van der Waals surface area contributed by atoms with Crippen molar-refractivity contribution in [2.75, 3.05) is 47.4 Å². The van der Waals surface area contributed by atoms with Crippen LogP contribution in [0.4, 0.5) is 4.79 Å². The average Bonchev–Trinajstić information content (AvgIpc) is 2.17. The van der Waals surface area contributed by atoms with E-state index in [2.05, 4.69) is 26.6 Å². The van der Waals surface area contributed by atoms with Crippen molar-refractivity contribution in [1.29, 1.82) is 0 Å². The molecule has 0 aromatic carbocycles. The van der Waals surface area contributed by atoms with Crippen LogP contribution in [0, 0.1) is 0 Å². The minimum absolute atomic E-state index is 0. The lowest BCUT2D eigenvalue weighted by Gasteiger charge is -2.27. The van der Waals surface area contributed by atoms with E-state index >= 15 is 0 Å². The number of nitrogens with one attached hydrogen (secondary N) is 1. The van der Waals surface area contributed by atoms with Crippen LogP contribution in [0.25, 0.3) is 0 Å². The van der Waals surface area contributed by atoms with Gasteiger partial charge >= 0.3 is 0 Å². The maximum absolute atomic E-state index is 10.0. The van der Waals surface area contributed by atoms with E-state index in [4.69, 9.17) is 5.11 Å². The molecule has 1 rings (SSSR count). The second kappa shape index (κ2) is 10.8. The van der Waals surface area contributed by atoms with E-state index < -0.39 is 6.09 Å². The lowest BCUT2D eigenvalue weighted by molar-refractivity contribution is -0.870. The first kappa shape index (κ1) is 20.2. The zero-order valence-electron chi connectivity index (χ0n) is 11.5.